The summed E-state index contributed by atoms with van der Waals surface area (Å²) in [4.78, 5) is 28.5. The van der Waals surface area contributed by atoms with Crippen molar-refractivity contribution in [3.8, 4) is 5.75 Å². The van der Waals surface area contributed by atoms with Crippen LogP contribution in [0.15, 0.2) is 103 Å². The number of ether oxygens (including phenoxy) is 1. The Bertz CT molecular complexity index is 1660. The molecule has 1 atom stereocenters. The summed E-state index contributed by atoms with van der Waals surface area (Å²) in [5, 5.41) is 15.5. The van der Waals surface area contributed by atoms with Gasteiger partial charge in [-0.1, -0.05) is 78.9 Å². The van der Waals surface area contributed by atoms with Gasteiger partial charge in [0.2, 0.25) is 5.91 Å². The van der Waals surface area contributed by atoms with Gasteiger partial charge in [-0.15, -0.1) is 0 Å². The Morgan fingerprint density at radius 2 is 1.51 bits per heavy atom. The minimum absolute atomic E-state index is 0.0129. The number of aryl methyl sites for hydroxylation is 1. The summed E-state index contributed by atoms with van der Waals surface area (Å²) in [7, 11) is 1.67. The second-order valence-corrected chi connectivity index (χ2v) is 13.8. The van der Waals surface area contributed by atoms with Gasteiger partial charge >= 0.3 is 6.03 Å². The molecule has 1 aliphatic heterocycles. The predicted octanol–water partition coefficient (Wildman–Crippen LogP) is 7.69. The lowest BCUT2D eigenvalue weighted by Gasteiger charge is -2.47. The van der Waals surface area contributed by atoms with Gasteiger partial charge in [0.1, 0.15) is 11.6 Å². The van der Waals surface area contributed by atoms with Crippen LogP contribution in [0.25, 0.3) is 0 Å². The van der Waals surface area contributed by atoms with Crippen molar-refractivity contribution < 1.29 is 23.8 Å². The van der Waals surface area contributed by atoms with E-state index in [0.717, 1.165) is 55.4 Å². The largest absolute Gasteiger partial charge is 0.497 e. The number of hydrogen-bond acceptors (Lipinski definition) is 4. The molecule has 0 aromatic heterocycles. The summed E-state index contributed by atoms with van der Waals surface area (Å²) in [6.07, 6.45) is 6.20. The second-order valence-electron chi connectivity index (χ2n) is 13.8. The van der Waals surface area contributed by atoms with Crippen LogP contribution in [-0.2, 0) is 28.6 Å². The first-order valence-electron chi connectivity index (χ1n) is 18.2. The van der Waals surface area contributed by atoms with E-state index in [1.165, 1.54) is 28.8 Å². The molecular formula is C43H52FN3O4. The standard InChI is InChI=1S/C43H52FN3O4/c1-42(39-32-38(51-2)22-19-34(39)24-30-47(42)41(50)46-29-11-31-48)25-9-26-43(35-12-5-3-6-13-35,36-14-7-4-8-15-36)27-10-28-45-40(49)23-18-33-16-20-37(44)21-17-33/h3-8,12-17,19-22,32,48H,9-11,18,23-31H2,1-2H3,(H,45,49)(H,46,50). The minimum Gasteiger partial charge on any atom is -0.497 e. The van der Waals surface area contributed by atoms with E-state index >= 15 is 0 Å². The topological polar surface area (TPSA) is 90.9 Å². The number of methoxy groups -OCH3 is 1. The van der Waals surface area contributed by atoms with Crippen LogP contribution in [-0.4, -0.2) is 55.3 Å². The van der Waals surface area contributed by atoms with Gasteiger partial charge in [0.25, 0.3) is 0 Å². The molecule has 8 heteroatoms. The number of hydrogen-bond donors (Lipinski definition) is 3. The van der Waals surface area contributed by atoms with Gasteiger partial charge in [0, 0.05) is 38.1 Å². The van der Waals surface area contributed by atoms with E-state index in [1.54, 1.807) is 19.2 Å². The summed E-state index contributed by atoms with van der Waals surface area (Å²) >= 11 is 0. The molecule has 0 aliphatic carbocycles. The number of aliphatic hydroxyl groups is 1. The molecule has 3 amide bonds. The van der Waals surface area contributed by atoms with Crippen molar-refractivity contribution in [3.63, 3.8) is 0 Å². The highest BCUT2D eigenvalue weighted by Crippen LogP contribution is 2.45. The van der Waals surface area contributed by atoms with Crippen LogP contribution in [0.2, 0.25) is 0 Å². The first kappa shape index (κ1) is 37.6. The van der Waals surface area contributed by atoms with Crippen molar-refractivity contribution in [2.75, 3.05) is 33.4 Å². The quantitative estimate of drug-likeness (QED) is 0.0990. The van der Waals surface area contributed by atoms with Crippen LogP contribution >= 0.6 is 0 Å². The molecule has 0 radical (unpaired) electrons. The van der Waals surface area contributed by atoms with E-state index in [4.69, 9.17) is 4.74 Å². The number of carbonyl (C=O) groups excluding carboxylic acids is 2. The average molecular weight is 694 g/mol. The van der Waals surface area contributed by atoms with E-state index in [2.05, 4.69) is 78.2 Å². The number of benzene rings is 4. The average Bonchev–Trinajstić information content (AvgIpc) is 3.16. The highest BCUT2D eigenvalue weighted by atomic mass is 19.1. The normalized spacial score (nSPS) is 15.6. The van der Waals surface area contributed by atoms with Crippen LogP contribution in [0, 0.1) is 5.82 Å². The molecule has 4 aromatic carbocycles. The first-order valence-corrected chi connectivity index (χ1v) is 18.2. The number of nitrogens with one attached hydrogen (secondary N) is 2. The van der Waals surface area contributed by atoms with E-state index in [-0.39, 0.29) is 29.8 Å². The maximum absolute atomic E-state index is 13.7. The van der Waals surface area contributed by atoms with Gasteiger partial charge in [0.05, 0.1) is 12.6 Å². The van der Waals surface area contributed by atoms with Gasteiger partial charge in [-0.05, 0) is 110 Å². The monoisotopic (exact) mass is 693 g/mol. The van der Waals surface area contributed by atoms with Crippen molar-refractivity contribution in [2.24, 2.45) is 0 Å². The van der Waals surface area contributed by atoms with Crippen molar-refractivity contribution in [3.05, 3.63) is 137 Å². The Morgan fingerprint density at radius 3 is 2.16 bits per heavy atom. The number of nitrogens with zero attached hydrogens (tertiary/aromatic N) is 1. The van der Waals surface area contributed by atoms with Crippen molar-refractivity contribution in [2.45, 2.75) is 75.7 Å². The summed E-state index contributed by atoms with van der Waals surface area (Å²) in [6, 6.07) is 33.7. The number of urea groups is 1. The van der Waals surface area contributed by atoms with Crippen LogP contribution in [0.5, 0.6) is 5.75 Å². The Morgan fingerprint density at radius 1 is 0.863 bits per heavy atom. The lowest BCUT2D eigenvalue weighted by Crippen LogP contribution is -2.55. The van der Waals surface area contributed by atoms with E-state index < -0.39 is 5.54 Å². The van der Waals surface area contributed by atoms with Gasteiger partial charge in [-0.25, -0.2) is 9.18 Å². The molecule has 1 heterocycles. The molecule has 0 saturated carbocycles. The third kappa shape index (κ3) is 9.36. The number of aliphatic hydroxyl groups excluding tert-OH is 1. The van der Waals surface area contributed by atoms with Crippen molar-refractivity contribution >= 4 is 11.9 Å². The van der Waals surface area contributed by atoms with Gasteiger partial charge in [-0.3, -0.25) is 4.79 Å². The zero-order chi connectivity index (χ0) is 36.1. The number of halogens is 1. The molecule has 1 unspecified atom stereocenters. The fourth-order valence-electron chi connectivity index (χ4n) is 7.72. The molecule has 5 rings (SSSR count). The SMILES string of the molecule is COc1ccc2c(c1)C(C)(CCCC(CCCNC(=O)CCc1ccc(F)cc1)(c1ccccc1)c1ccccc1)N(C(=O)NCCCO)CC2. The fraction of sp³-hybridized carbons (Fsp3) is 0.395. The van der Waals surface area contributed by atoms with Crippen LogP contribution < -0.4 is 15.4 Å². The highest BCUT2D eigenvalue weighted by molar-refractivity contribution is 5.76. The van der Waals surface area contributed by atoms with Crippen molar-refractivity contribution in [1.29, 1.82) is 0 Å². The molecule has 4 aromatic rings. The first-order chi connectivity index (χ1) is 24.8. The minimum atomic E-state index is -0.580. The fourth-order valence-corrected chi connectivity index (χ4v) is 7.72. The molecule has 0 fully saturated rings. The molecular weight excluding hydrogens is 641 g/mol. The maximum atomic E-state index is 13.7. The van der Waals surface area contributed by atoms with E-state index in [1.807, 2.05) is 23.1 Å². The van der Waals surface area contributed by atoms with E-state index in [9.17, 15) is 19.1 Å². The smallest absolute Gasteiger partial charge is 0.318 e. The summed E-state index contributed by atoms with van der Waals surface area (Å²) in [5.41, 5.74) is 4.83. The van der Waals surface area contributed by atoms with Crippen LogP contribution in [0.4, 0.5) is 9.18 Å². The molecule has 51 heavy (non-hydrogen) atoms. The Labute approximate surface area is 302 Å². The number of carbonyl (C=O) groups is 2. The zero-order valence-corrected chi connectivity index (χ0v) is 30.0. The predicted molar refractivity (Wildman–Crippen MR) is 200 cm³/mol. The number of amides is 3. The number of fused-ring (bicyclic) bond motifs is 1. The van der Waals surface area contributed by atoms with E-state index in [0.29, 0.717) is 38.9 Å². The summed E-state index contributed by atoms with van der Waals surface area (Å²) < 4.78 is 18.9. The third-order valence-corrected chi connectivity index (χ3v) is 10.5. The van der Waals surface area contributed by atoms with Gasteiger partial charge in [0.15, 0.2) is 0 Å². The lowest BCUT2D eigenvalue weighted by atomic mass is 9.67. The van der Waals surface area contributed by atoms with Crippen molar-refractivity contribution in [1.82, 2.24) is 15.5 Å². The number of rotatable bonds is 17. The maximum Gasteiger partial charge on any atom is 0.318 e. The summed E-state index contributed by atoms with van der Waals surface area (Å²) in [6.45, 7) is 3.77. The molecule has 0 spiro atoms. The Balaban J connectivity index is 1.37. The van der Waals surface area contributed by atoms with Gasteiger partial charge < -0.3 is 25.4 Å². The zero-order valence-electron chi connectivity index (χ0n) is 30.0. The van der Waals surface area contributed by atoms with Gasteiger partial charge in [-0.2, -0.15) is 0 Å². The molecule has 7 nitrogen and oxygen atoms in total. The summed E-state index contributed by atoms with van der Waals surface area (Å²) in [5.74, 6) is 0.477. The molecule has 270 valence electrons. The Hall–Kier alpha value is -4.69. The molecule has 1 aliphatic rings. The van der Waals surface area contributed by atoms with Crippen LogP contribution in [0.3, 0.4) is 0 Å². The second kappa shape index (κ2) is 18.0. The lowest BCUT2D eigenvalue weighted by molar-refractivity contribution is -0.121. The highest BCUT2D eigenvalue weighted by Gasteiger charge is 2.42. The third-order valence-electron chi connectivity index (χ3n) is 10.5. The Kier molecular flexibility index (Phi) is 13.3. The molecule has 0 saturated heterocycles. The molecule has 0 bridgehead atoms. The molecule has 3 N–H and O–H groups in total. The van der Waals surface area contributed by atoms with Crippen LogP contribution in [0.1, 0.15) is 79.7 Å².